The maximum Gasteiger partial charge on any atom is 0.260 e. The third kappa shape index (κ3) is 4.28. The minimum Gasteiger partial charge on any atom is -0.398 e. The molecule has 0 unspecified atom stereocenters. The lowest BCUT2D eigenvalue weighted by Crippen LogP contribution is -2.32. The Morgan fingerprint density at radius 1 is 1.52 bits per heavy atom. The van der Waals surface area contributed by atoms with Crippen LogP contribution in [0.1, 0.15) is 16.1 Å². The van der Waals surface area contributed by atoms with Gasteiger partial charge in [-0.3, -0.25) is 9.78 Å². The summed E-state index contributed by atoms with van der Waals surface area (Å²) in [6.45, 7) is 1.69. The van der Waals surface area contributed by atoms with Crippen LogP contribution in [-0.4, -0.2) is 45.6 Å². The van der Waals surface area contributed by atoms with Gasteiger partial charge in [-0.05, 0) is 13.2 Å². The monoisotopic (exact) mass is 337 g/mol. The number of thioether (sulfide) groups is 1. The Hall–Kier alpha value is -2.42. The molecular formula is C14H16FN5O2S. The molecule has 2 rings (SSSR count). The van der Waals surface area contributed by atoms with Gasteiger partial charge in [0.25, 0.3) is 5.91 Å². The minimum atomic E-state index is -0.476. The summed E-state index contributed by atoms with van der Waals surface area (Å²) in [6.07, 6.45) is 5.97. The molecule has 1 N–H and O–H groups in total. The van der Waals surface area contributed by atoms with Gasteiger partial charge in [-0.1, -0.05) is 5.16 Å². The first kappa shape index (κ1) is 16.9. The van der Waals surface area contributed by atoms with Crippen molar-refractivity contribution in [3.8, 4) is 5.69 Å². The largest absolute Gasteiger partial charge is 0.398 e. The van der Waals surface area contributed by atoms with E-state index >= 15 is 0 Å². The predicted molar refractivity (Wildman–Crippen MR) is 86.3 cm³/mol. The van der Waals surface area contributed by atoms with Gasteiger partial charge in [0.15, 0.2) is 5.84 Å². The molecule has 0 aliphatic carbocycles. The number of amides is 1. The molecule has 2 aromatic heterocycles. The number of carbonyl (C=O) groups excluding carboxylic acids is 1. The van der Waals surface area contributed by atoms with E-state index in [9.17, 15) is 9.18 Å². The lowest BCUT2D eigenvalue weighted by molar-refractivity contribution is 0.0973. The Morgan fingerprint density at radius 3 is 2.96 bits per heavy atom. The Labute approximate surface area is 136 Å². The lowest BCUT2D eigenvalue weighted by atomic mass is 10.2. The second-order valence-electron chi connectivity index (χ2n) is 4.54. The average molecular weight is 337 g/mol. The molecule has 0 aliphatic rings. The fraction of sp³-hybridized carbons (Fsp3) is 0.286. The molecule has 23 heavy (non-hydrogen) atoms. The maximum atomic E-state index is 13.2. The second-order valence-corrected chi connectivity index (χ2v) is 5.41. The van der Waals surface area contributed by atoms with Crippen molar-refractivity contribution in [3.63, 3.8) is 0 Å². The smallest absolute Gasteiger partial charge is 0.260 e. The molecule has 0 saturated heterocycles. The molecule has 0 saturated carbocycles. The molecular weight excluding hydrogens is 321 g/mol. The average Bonchev–Trinajstić information content (AvgIpc) is 2.90. The summed E-state index contributed by atoms with van der Waals surface area (Å²) >= 11 is 1.50. The Balaban J connectivity index is 2.23. The van der Waals surface area contributed by atoms with Gasteiger partial charge in [-0.15, -0.1) is 0 Å². The zero-order valence-electron chi connectivity index (χ0n) is 12.9. The first-order valence-electron chi connectivity index (χ1n) is 6.62. The SMILES string of the molecule is CO/N=C(\CSC)NC(=O)c1cn(-c2cncc(F)c2)nc1C. The zero-order chi connectivity index (χ0) is 16.8. The van der Waals surface area contributed by atoms with E-state index in [0.29, 0.717) is 28.5 Å². The number of aryl methyl sites for hydroxylation is 1. The van der Waals surface area contributed by atoms with Crippen molar-refractivity contribution >= 4 is 23.5 Å². The quantitative estimate of drug-likeness (QED) is 0.511. The molecule has 0 aliphatic heterocycles. The zero-order valence-corrected chi connectivity index (χ0v) is 13.7. The maximum absolute atomic E-state index is 13.2. The van der Waals surface area contributed by atoms with Crippen LogP contribution in [0, 0.1) is 12.7 Å². The molecule has 0 aromatic carbocycles. The van der Waals surface area contributed by atoms with Crippen molar-refractivity contribution in [2.75, 3.05) is 19.1 Å². The number of rotatable bonds is 5. The number of halogens is 1. The van der Waals surface area contributed by atoms with Crippen molar-refractivity contribution in [2.24, 2.45) is 5.16 Å². The van der Waals surface area contributed by atoms with E-state index < -0.39 is 5.82 Å². The molecule has 0 atom stereocenters. The molecule has 1 amide bonds. The number of hydrogen-bond acceptors (Lipinski definition) is 6. The topological polar surface area (TPSA) is 81.4 Å². The Kier molecular flexibility index (Phi) is 5.69. The van der Waals surface area contributed by atoms with Crippen molar-refractivity contribution in [1.29, 1.82) is 0 Å². The third-order valence-electron chi connectivity index (χ3n) is 2.84. The van der Waals surface area contributed by atoms with Gasteiger partial charge in [0.2, 0.25) is 0 Å². The minimum absolute atomic E-state index is 0.358. The first-order chi connectivity index (χ1) is 11.0. The molecule has 2 heterocycles. The highest BCUT2D eigenvalue weighted by Gasteiger charge is 2.16. The van der Waals surface area contributed by atoms with Crippen molar-refractivity contribution in [2.45, 2.75) is 6.92 Å². The summed E-state index contributed by atoms with van der Waals surface area (Å²) in [7, 11) is 1.41. The fourth-order valence-corrected chi connectivity index (χ4v) is 2.27. The van der Waals surface area contributed by atoms with Crippen LogP contribution in [0.25, 0.3) is 5.69 Å². The summed E-state index contributed by atoms with van der Waals surface area (Å²) < 4.78 is 14.7. The molecule has 0 spiro atoms. The van der Waals surface area contributed by atoms with Gasteiger partial charge in [0.1, 0.15) is 12.9 Å². The van der Waals surface area contributed by atoms with Crippen LogP contribution in [0.5, 0.6) is 0 Å². The van der Waals surface area contributed by atoms with E-state index in [0.717, 1.165) is 6.20 Å². The van der Waals surface area contributed by atoms with Gasteiger partial charge < -0.3 is 10.2 Å². The van der Waals surface area contributed by atoms with Crippen molar-refractivity contribution in [1.82, 2.24) is 20.1 Å². The van der Waals surface area contributed by atoms with E-state index in [1.807, 2.05) is 6.26 Å². The van der Waals surface area contributed by atoms with E-state index in [1.54, 1.807) is 6.92 Å². The number of hydrogen-bond donors (Lipinski definition) is 1. The van der Waals surface area contributed by atoms with E-state index in [4.69, 9.17) is 4.84 Å². The molecule has 7 nitrogen and oxygen atoms in total. The van der Waals surface area contributed by atoms with Gasteiger partial charge in [0.05, 0.1) is 35.1 Å². The van der Waals surface area contributed by atoms with Crippen LogP contribution in [0.3, 0.4) is 0 Å². The number of carbonyl (C=O) groups is 1. The molecule has 0 radical (unpaired) electrons. The number of nitrogens with zero attached hydrogens (tertiary/aromatic N) is 4. The highest BCUT2D eigenvalue weighted by molar-refractivity contribution is 7.99. The van der Waals surface area contributed by atoms with Crippen molar-refractivity contribution < 1.29 is 14.0 Å². The van der Waals surface area contributed by atoms with Gasteiger partial charge >= 0.3 is 0 Å². The summed E-state index contributed by atoms with van der Waals surface area (Å²) in [6, 6.07) is 1.28. The summed E-state index contributed by atoms with van der Waals surface area (Å²) in [5.41, 5.74) is 1.30. The van der Waals surface area contributed by atoms with Crippen LogP contribution >= 0.6 is 11.8 Å². The number of aromatic nitrogens is 3. The highest BCUT2D eigenvalue weighted by atomic mass is 32.2. The Morgan fingerprint density at radius 2 is 2.30 bits per heavy atom. The standard InChI is InChI=1S/C14H16FN5O2S/c1-9-12(14(21)17-13(8-23-3)19-22-2)7-20(18-9)11-4-10(15)5-16-6-11/h4-7H,8H2,1-3H3,(H,17,19,21). The van der Waals surface area contributed by atoms with E-state index in [1.165, 1.54) is 42.0 Å². The summed E-state index contributed by atoms with van der Waals surface area (Å²) in [5.74, 6) is 0.0734. The molecule has 9 heteroatoms. The highest BCUT2D eigenvalue weighted by Crippen LogP contribution is 2.12. The summed E-state index contributed by atoms with van der Waals surface area (Å²) in [4.78, 5) is 20.8. The van der Waals surface area contributed by atoms with Crippen LogP contribution in [-0.2, 0) is 4.84 Å². The first-order valence-corrected chi connectivity index (χ1v) is 8.02. The van der Waals surface area contributed by atoms with Gasteiger partial charge in [0, 0.05) is 12.3 Å². The van der Waals surface area contributed by atoms with Crippen LogP contribution < -0.4 is 5.32 Å². The van der Waals surface area contributed by atoms with Crippen LogP contribution in [0.4, 0.5) is 4.39 Å². The molecule has 2 aromatic rings. The Bertz CT molecular complexity index is 732. The van der Waals surface area contributed by atoms with Crippen molar-refractivity contribution in [3.05, 3.63) is 41.7 Å². The summed E-state index contributed by atoms with van der Waals surface area (Å²) in [5, 5.41) is 10.7. The number of oxime groups is 1. The van der Waals surface area contributed by atoms with Crippen LogP contribution in [0.2, 0.25) is 0 Å². The van der Waals surface area contributed by atoms with Gasteiger partial charge in [-0.2, -0.15) is 16.9 Å². The number of amidine groups is 1. The van der Waals surface area contributed by atoms with Gasteiger partial charge in [-0.25, -0.2) is 9.07 Å². The van der Waals surface area contributed by atoms with Crippen LogP contribution in [0.15, 0.2) is 29.8 Å². The third-order valence-corrected chi connectivity index (χ3v) is 3.40. The molecule has 0 bridgehead atoms. The molecule has 122 valence electrons. The number of nitrogens with one attached hydrogen (secondary N) is 1. The van der Waals surface area contributed by atoms with E-state index in [2.05, 4.69) is 20.6 Å². The fourth-order valence-electron chi connectivity index (χ4n) is 1.87. The lowest BCUT2D eigenvalue weighted by Gasteiger charge is -2.05. The predicted octanol–water partition coefficient (Wildman–Crippen LogP) is 1.77. The van der Waals surface area contributed by atoms with E-state index in [-0.39, 0.29) is 5.91 Å². The molecule has 0 fully saturated rings. The normalized spacial score (nSPS) is 11.4. The number of pyridine rings is 1. The second kappa shape index (κ2) is 7.73.